The molecule has 1 unspecified atom stereocenters. The van der Waals surface area contributed by atoms with Crippen LogP contribution in [0.15, 0.2) is 0 Å². The van der Waals surface area contributed by atoms with Crippen molar-refractivity contribution >= 4 is 17.4 Å². The fraction of sp³-hybridized carbons (Fsp3) is 0.833. The fourth-order valence-corrected chi connectivity index (χ4v) is 0.674. The average Bonchev–Trinajstić information content (AvgIpc) is 1.65. The summed E-state index contributed by atoms with van der Waals surface area (Å²) in [6, 6.07) is 0. The number of ketones is 1. The molecule has 0 aliphatic heterocycles. The largest absolute Gasteiger partial charge is 0.300 e. The highest BCUT2D eigenvalue weighted by molar-refractivity contribution is 6.21. The lowest BCUT2D eigenvalue weighted by Crippen LogP contribution is -2.02. The first-order valence-electron chi connectivity index (χ1n) is 2.80. The Kier molecular flexibility index (Phi) is 3.88. The van der Waals surface area contributed by atoms with E-state index in [2.05, 4.69) is 0 Å². The highest BCUT2D eigenvalue weighted by atomic mass is 35.5. The second-order valence-electron chi connectivity index (χ2n) is 1.91. The molecule has 0 aromatic carbocycles. The maximum atomic E-state index is 10.3. The predicted octanol–water partition coefficient (Wildman–Crippen LogP) is 1.98. The van der Waals surface area contributed by atoms with Crippen molar-refractivity contribution in [2.45, 2.75) is 32.1 Å². The van der Waals surface area contributed by atoms with Gasteiger partial charge in [-0.1, -0.05) is 6.92 Å². The molecule has 1 atom stereocenters. The highest BCUT2D eigenvalue weighted by Crippen LogP contribution is 2.05. The lowest BCUT2D eigenvalue weighted by atomic mass is 10.2. The summed E-state index contributed by atoms with van der Waals surface area (Å²) in [5.74, 6) is 0.173. The van der Waals surface area contributed by atoms with Crippen molar-refractivity contribution in [3.63, 3.8) is 0 Å². The second kappa shape index (κ2) is 3.90. The summed E-state index contributed by atoms with van der Waals surface area (Å²) in [6.45, 7) is 3.53. The molecule has 0 rings (SSSR count). The molecule has 0 aromatic heterocycles. The number of hydrogen-bond donors (Lipinski definition) is 0. The molecule has 0 aromatic rings. The van der Waals surface area contributed by atoms with E-state index in [-0.39, 0.29) is 11.2 Å². The van der Waals surface area contributed by atoms with E-state index in [1.54, 1.807) is 6.92 Å². The van der Waals surface area contributed by atoms with E-state index >= 15 is 0 Å². The van der Waals surface area contributed by atoms with E-state index in [1.807, 2.05) is 6.92 Å². The SMILES string of the molecule is CCC(Cl)CC(C)=O. The van der Waals surface area contributed by atoms with E-state index < -0.39 is 0 Å². The van der Waals surface area contributed by atoms with Gasteiger partial charge < -0.3 is 0 Å². The number of hydrogen-bond acceptors (Lipinski definition) is 1. The molecule has 0 bridgehead atoms. The number of alkyl halides is 1. The number of halogens is 1. The van der Waals surface area contributed by atoms with Crippen LogP contribution in [-0.4, -0.2) is 11.2 Å². The van der Waals surface area contributed by atoms with Crippen LogP contribution in [0.1, 0.15) is 26.7 Å². The predicted molar refractivity (Wildman–Crippen MR) is 35.2 cm³/mol. The minimum absolute atomic E-state index is 0.0486. The Bertz CT molecular complexity index is 80.6. The number of Topliss-reactive ketones (excluding diaryl/α,β-unsaturated/α-hetero) is 1. The van der Waals surface area contributed by atoms with E-state index in [0.29, 0.717) is 6.42 Å². The van der Waals surface area contributed by atoms with Crippen molar-refractivity contribution in [2.75, 3.05) is 0 Å². The van der Waals surface area contributed by atoms with Crippen LogP contribution in [0.5, 0.6) is 0 Å². The van der Waals surface area contributed by atoms with Crippen LogP contribution in [0.3, 0.4) is 0 Å². The van der Waals surface area contributed by atoms with Gasteiger partial charge in [0.05, 0.1) is 0 Å². The molecule has 2 heteroatoms. The van der Waals surface area contributed by atoms with Gasteiger partial charge in [-0.05, 0) is 13.3 Å². The Morgan fingerprint density at radius 2 is 2.25 bits per heavy atom. The Morgan fingerprint density at radius 1 is 1.75 bits per heavy atom. The van der Waals surface area contributed by atoms with Gasteiger partial charge in [-0.15, -0.1) is 11.6 Å². The molecule has 0 fully saturated rings. The normalized spacial score (nSPS) is 13.4. The number of carbonyl (C=O) groups excluding carboxylic acids is 1. The Morgan fingerprint density at radius 3 is 2.38 bits per heavy atom. The fourth-order valence-electron chi connectivity index (χ4n) is 0.456. The zero-order valence-electron chi connectivity index (χ0n) is 5.28. The van der Waals surface area contributed by atoms with Gasteiger partial charge in [-0.25, -0.2) is 0 Å². The standard InChI is InChI=1S/C6H11ClO/c1-3-6(7)4-5(2)8/h6H,3-4H2,1-2H3. The molecular weight excluding hydrogens is 124 g/mol. The number of carbonyl (C=O) groups is 1. The molecule has 0 aliphatic carbocycles. The summed E-state index contributed by atoms with van der Waals surface area (Å²) in [7, 11) is 0. The lowest BCUT2D eigenvalue weighted by Gasteiger charge is -1.99. The molecule has 1 nitrogen and oxygen atoms in total. The van der Waals surface area contributed by atoms with Crippen LogP contribution in [0.2, 0.25) is 0 Å². The van der Waals surface area contributed by atoms with Gasteiger partial charge in [0.15, 0.2) is 0 Å². The van der Waals surface area contributed by atoms with Gasteiger partial charge in [0.1, 0.15) is 5.78 Å². The Hall–Kier alpha value is -0.0400. The van der Waals surface area contributed by atoms with Crippen LogP contribution in [0.4, 0.5) is 0 Å². The van der Waals surface area contributed by atoms with Gasteiger partial charge in [-0.2, -0.15) is 0 Å². The first-order valence-corrected chi connectivity index (χ1v) is 3.24. The molecule has 48 valence electrons. The first kappa shape index (κ1) is 7.96. The minimum atomic E-state index is 0.0486. The third-order valence-electron chi connectivity index (χ3n) is 0.952. The summed E-state index contributed by atoms with van der Waals surface area (Å²) >= 11 is 5.64. The van der Waals surface area contributed by atoms with Crippen LogP contribution >= 0.6 is 11.6 Å². The minimum Gasteiger partial charge on any atom is -0.300 e. The van der Waals surface area contributed by atoms with Gasteiger partial charge in [0.2, 0.25) is 0 Å². The first-order chi connectivity index (χ1) is 3.66. The molecule has 0 N–H and O–H groups in total. The van der Waals surface area contributed by atoms with Gasteiger partial charge in [0.25, 0.3) is 0 Å². The van der Waals surface area contributed by atoms with Gasteiger partial charge in [0, 0.05) is 11.8 Å². The van der Waals surface area contributed by atoms with Crippen molar-refractivity contribution in [3.8, 4) is 0 Å². The zero-order valence-corrected chi connectivity index (χ0v) is 6.03. The van der Waals surface area contributed by atoms with Crippen LogP contribution in [0, 0.1) is 0 Å². The van der Waals surface area contributed by atoms with E-state index in [4.69, 9.17) is 11.6 Å². The summed E-state index contributed by atoms with van der Waals surface area (Å²) in [6.07, 6.45) is 1.39. The van der Waals surface area contributed by atoms with Crippen molar-refractivity contribution in [1.29, 1.82) is 0 Å². The Balaban J connectivity index is 3.24. The smallest absolute Gasteiger partial charge is 0.131 e. The summed E-state index contributed by atoms with van der Waals surface area (Å²) < 4.78 is 0. The molecule has 0 heterocycles. The van der Waals surface area contributed by atoms with E-state index in [0.717, 1.165) is 6.42 Å². The summed E-state index contributed by atoms with van der Waals surface area (Å²) in [4.78, 5) is 10.3. The summed E-state index contributed by atoms with van der Waals surface area (Å²) in [5.41, 5.74) is 0. The molecule has 0 saturated carbocycles. The van der Waals surface area contributed by atoms with Gasteiger partial charge >= 0.3 is 0 Å². The van der Waals surface area contributed by atoms with Crippen molar-refractivity contribution in [3.05, 3.63) is 0 Å². The maximum absolute atomic E-state index is 10.3. The molecule has 0 radical (unpaired) electrons. The van der Waals surface area contributed by atoms with Crippen LogP contribution < -0.4 is 0 Å². The van der Waals surface area contributed by atoms with Crippen molar-refractivity contribution in [2.24, 2.45) is 0 Å². The molecule has 0 spiro atoms. The van der Waals surface area contributed by atoms with Crippen LogP contribution in [-0.2, 0) is 4.79 Å². The molecular formula is C6H11ClO. The van der Waals surface area contributed by atoms with Crippen molar-refractivity contribution < 1.29 is 4.79 Å². The molecule has 0 amide bonds. The summed E-state index contributed by atoms with van der Waals surface area (Å²) in [5, 5.41) is 0.0486. The quantitative estimate of drug-likeness (QED) is 0.540. The molecule has 8 heavy (non-hydrogen) atoms. The van der Waals surface area contributed by atoms with Gasteiger partial charge in [-0.3, -0.25) is 4.79 Å². The topological polar surface area (TPSA) is 17.1 Å². The van der Waals surface area contributed by atoms with E-state index in [9.17, 15) is 4.79 Å². The molecule has 0 aliphatic rings. The van der Waals surface area contributed by atoms with Crippen LogP contribution in [0.25, 0.3) is 0 Å². The lowest BCUT2D eigenvalue weighted by molar-refractivity contribution is -0.117. The van der Waals surface area contributed by atoms with E-state index in [1.165, 1.54) is 0 Å². The monoisotopic (exact) mass is 134 g/mol. The number of rotatable bonds is 3. The third-order valence-corrected chi connectivity index (χ3v) is 1.41. The van der Waals surface area contributed by atoms with Crippen molar-refractivity contribution in [1.82, 2.24) is 0 Å². The average molecular weight is 135 g/mol. The molecule has 0 saturated heterocycles. The zero-order chi connectivity index (χ0) is 6.57. The highest BCUT2D eigenvalue weighted by Gasteiger charge is 2.02. The third kappa shape index (κ3) is 4.13. The Labute approximate surface area is 55.0 Å². The maximum Gasteiger partial charge on any atom is 0.131 e. The second-order valence-corrected chi connectivity index (χ2v) is 2.53.